The minimum Gasteiger partial charge on any atom is -0.443 e. The Morgan fingerprint density at radius 2 is 1.78 bits per heavy atom. The van der Waals surface area contributed by atoms with Crippen molar-refractivity contribution in [3.05, 3.63) is 30.3 Å². The van der Waals surface area contributed by atoms with Gasteiger partial charge in [0.2, 0.25) is 5.91 Å². The van der Waals surface area contributed by atoms with Crippen molar-refractivity contribution in [3.63, 3.8) is 0 Å². The smallest absolute Gasteiger partial charge is 0.415 e. The van der Waals surface area contributed by atoms with Gasteiger partial charge in [-0.3, -0.25) is 9.69 Å². The van der Waals surface area contributed by atoms with E-state index in [1.165, 1.54) is 0 Å². The van der Waals surface area contributed by atoms with Crippen LogP contribution in [-0.4, -0.2) is 30.7 Å². The predicted molar refractivity (Wildman–Crippen MR) is 92.5 cm³/mol. The predicted octanol–water partition coefficient (Wildman–Crippen LogP) is 3.59. The Kier molecular flexibility index (Phi) is 6.61. The molecule has 0 aliphatic heterocycles. The number of rotatable bonds is 5. The molecule has 0 bridgehead atoms. The Morgan fingerprint density at radius 3 is 2.22 bits per heavy atom. The van der Waals surface area contributed by atoms with Crippen LogP contribution in [0, 0.1) is 5.92 Å². The summed E-state index contributed by atoms with van der Waals surface area (Å²) in [5, 5.41) is 2.66. The first-order valence-electron chi connectivity index (χ1n) is 8.00. The van der Waals surface area contributed by atoms with E-state index in [2.05, 4.69) is 5.32 Å². The highest BCUT2D eigenvalue weighted by Crippen LogP contribution is 2.26. The molecule has 0 spiro atoms. The van der Waals surface area contributed by atoms with Crippen molar-refractivity contribution < 1.29 is 14.3 Å². The molecule has 0 aliphatic rings. The molecule has 0 saturated carbocycles. The highest BCUT2D eigenvalue weighted by Gasteiger charge is 2.34. The van der Waals surface area contributed by atoms with Crippen LogP contribution < -0.4 is 10.2 Å². The van der Waals surface area contributed by atoms with Gasteiger partial charge in [0, 0.05) is 12.7 Å². The number of benzene rings is 1. The lowest BCUT2D eigenvalue weighted by molar-refractivity contribution is -0.124. The van der Waals surface area contributed by atoms with Crippen LogP contribution in [0.25, 0.3) is 0 Å². The van der Waals surface area contributed by atoms with E-state index in [4.69, 9.17) is 4.74 Å². The third kappa shape index (κ3) is 5.27. The summed E-state index contributed by atoms with van der Waals surface area (Å²) in [5.74, 6) is -0.445. The Labute approximate surface area is 139 Å². The molecule has 0 heterocycles. The monoisotopic (exact) mass is 320 g/mol. The van der Waals surface area contributed by atoms with Gasteiger partial charge in [-0.2, -0.15) is 0 Å². The average Bonchev–Trinajstić information content (AvgIpc) is 2.49. The number of ether oxygens (including phenoxy) is 1. The van der Waals surface area contributed by atoms with Gasteiger partial charge in [0.25, 0.3) is 0 Å². The molecule has 1 aromatic rings. The number of amides is 2. The van der Waals surface area contributed by atoms with Crippen LogP contribution >= 0.6 is 0 Å². The number of nitrogens with one attached hydrogen (secondary N) is 1. The summed E-state index contributed by atoms with van der Waals surface area (Å²) in [5.41, 5.74) is 0.128. The Bertz CT molecular complexity index is 523. The van der Waals surface area contributed by atoms with E-state index in [9.17, 15) is 9.59 Å². The van der Waals surface area contributed by atoms with Gasteiger partial charge in [0.1, 0.15) is 5.60 Å². The minimum atomic E-state index is -0.599. The van der Waals surface area contributed by atoms with Gasteiger partial charge in [-0.25, -0.2) is 4.79 Å². The molecule has 5 heteroatoms. The molecule has 2 atom stereocenters. The van der Waals surface area contributed by atoms with Crippen LogP contribution in [0.4, 0.5) is 10.5 Å². The Balaban J connectivity index is 3.22. The van der Waals surface area contributed by atoms with Crippen LogP contribution in [0.1, 0.15) is 41.0 Å². The number of nitrogens with zero attached hydrogens (tertiary/aromatic N) is 1. The number of hydrogen-bond acceptors (Lipinski definition) is 3. The molecule has 0 saturated heterocycles. The number of anilines is 1. The highest BCUT2D eigenvalue weighted by atomic mass is 16.6. The molecule has 0 radical (unpaired) electrons. The van der Waals surface area contributed by atoms with Gasteiger partial charge < -0.3 is 10.1 Å². The van der Waals surface area contributed by atoms with Crippen molar-refractivity contribution in [1.82, 2.24) is 5.32 Å². The molecule has 2 amide bonds. The van der Waals surface area contributed by atoms with Gasteiger partial charge in [-0.15, -0.1) is 0 Å². The molecule has 5 nitrogen and oxygen atoms in total. The summed E-state index contributed by atoms with van der Waals surface area (Å²) in [7, 11) is 1.60. The lowest BCUT2D eigenvalue weighted by Gasteiger charge is -2.35. The fourth-order valence-electron chi connectivity index (χ4n) is 2.49. The maximum absolute atomic E-state index is 12.7. The largest absolute Gasteiger partial charge is 0.443 e. The molecule has 0 unspecified atom stereocenters. The van der Waals surface area contributed by atoms with Crippen molar-refractivity contribution in [2.75, 3.05) is 11.9 Å². The van der Waals surface area contributed by atoms with E-state index in [-0.39, 0.29) is 17.9 Å². The fraction of sp³-hybridized carbons (Fsp3) is 0.556. The second-order valence-corrected chi connectivity index (χ2v) is 6.56. The number of carbonyl (C=O) groups is 2. The summed E-state index contributed by atoms with van der Waals surface area (Å²) >= 11 is 0. The van der Waals surface area contributed by atoms with Crippen molar-refractivity contribution in [1.29, 1.82) is 0 Å². The fourth-order valence-corrected chi connectivity index (χ4v) is 2.49. The van der Waals surface area contributed by atoms with Crippen molar-refractivity contribution in [3.8, 4) is 0 Å². The van der Waals surface area contributed by atoms with Gasteiger partial charge in [-0.05, 0) is 39.3 Å². The van der Waals surface area contributed by atoms with Gasteiger partial charge >= 0.3 is 6.09 Å². The Hall–Kier alpha value is -2.04. The van der Waals surface area contributed by atoms with Crippen molar-refractivity contribution >= 4 is 17.7 Å². The first kappa shape index (κ1) is 19.0. The average molecular weight is 320 g/mol. The number of para-hydroxylation sites is 1. The highest BCUT2D eigenvalue weighted by molar-refractivity contribution is 5.90. The SMILES string of the molecule is CC[C@H]([C@H](C)C(=O)NC)N(C(=O)OC(C)(C)C)c1ccccc1. The summed E-state index contributed by atoms with van der Waals surface area (Å²) in [6.07, 6.45) is 0.203. The third-order valence-electron chi connectivity index (χ3n) is 3.61. The molecule has 1 rings (SSSR count). The quantitative estimate of drug-likeness (QED) is 0.902. The zero-order chi connectivity index (χ0) is 17.6. The molecular weight excluding hydrogens is 292 g/mol. The first-order valence-corrected chi connectivity index (χ1v) is 8.00. The second-order valence-electron chi connectivity index (χ2n) is 6.56. The topological polar surface area (TPSA) is 58.6 Å². The molecule has 0 fully saturated rings. The Morgan fingerprint density at radius 1 is 1.22 bits per heavy atom. The van der Waals surface area contributed by atoms with E-state index in [1.54, 1.807) is 11.9 Å². The first-order chi connectivity index (χ1) is 10.7. The van der Waals surface area contributed by atoms with Crippen LogP contribution in [0.2, 0.25) is 0 Å². The third-order valence-corrected chi connectivity index (χ3v) is 3.61. The lowest BCUT2D eigenvalue weighted by Crippen LogP contribution is -2.49. The number of carbonyl (C=O) groups excluding carboxylic acids is 2. The normalized spacial score (nSPS) is 13.8. The molecular formula is C18H28N2O3. The van der Waals surface area contributed by atoms with E-state index < -0.39 is 11.7 Å². The summed E-state index contributed by atoms with van der Waals surface area (Å²) in [6, 6.07) is 9.03. The number of hydrogen-bond donors (Lipinski definition) is 1. The molecule has 0 aromatic heterocycles. The molecule has 128 valence electrons. The molecule has 1 N–H and O–H groups in total. The van der Waals surface area contributed by atoms with Crippen LogP contribution in [-0.2, 0) is 9.53 Å². The zero-order valence-corrected chi connectivity index (χ0v) is 14.9. The van der Waals surface area contributed by atoms with Crippen molar-refractivity contribution in [2.45, 2.75) is 52.7 Å². The summed E-state index contributed by atoms with van der Waals surface area (Å²) in [6.45, 7) is 9.28. The van der Waals surface area contributed by atoms with E-state index in [1.807, 2.05) is 65.0 Å². The molecule has 0 aliphatic carbocycles. The standard InChI is InChI=1S/C18H28N2O3/c1-7-15(13(2)16(21)19-6)20(14-11-9-8-10-12-14)17(22)23-18(3,4)5/h8-13,15H,7H2,1-6H3,(H,19,21)/t13-,15+/m0/s1. The maximum Gasteiger partial charge on any atom is 0.415 e. The maximum atomic E-state index is 12.7. The van der Waals surface area contributed by atoms with Gasteiger partial charge in [0.05, 0.1) is 12.0 Å². The van der Waals surface area contributed by atoms with Crippen molar-refractivity contribution in [2.24, 2.45) is 5.92 Å². The summed E-state index contributed by atoms with van der Waals surface area (Å²) in [4.78, 5) is 26.4. The lowest BCUT2D eigenvalue weighted by atomic mass is 9.96. The van der Waals surface area contributed by atoms with E-state index in [0.29, 0.717) is 6.42 Å². The molecule has 23 heavy (non-hydrogen) atoms. The molecule has 1 aromatic carbocycles. The van der Waals surface area contributed by atoms with E-state index >= 15 is 0 Å². The zero-order valence-electron chi connectivity index (χ0n) is 14.9. The van der Waals surface area contributed by atoms with Gasteiger partial charge in [-0.1, -0.05) is 32.0 Å². The van der Waals surface area contributed by atoms with Crippen LogP contribution in [0.3, 0.4) is 0 Å². The minimum absolute atomic E-state index is 0.0960. The van der Waals surface area contributed by atoms with Crippen LogP contribution in [0.15, 0.2) is 30.3 Å². The van der Waals surface area contributed by atoms with E-state index in [0.717, 1.165) is 5.69 Å². The van der Waals surface area contributed by atoms with Gasteiger partial charge in [0.15, 0.2) is 0 Å². The summed E-state index contributed by atoms with van der Waals surface area (Å²) < 4.78 is 5.56. The van der Waals surface area contributed by atoms with Crippen LogP contribution in [0.5, 0.6) is 0 Å². The second kappa shape index (κ2) is 7.99.